The van der Waals surface area contributed by atoms with Gasteiger partial charge in [-0.2, -0.15) is 0 Å². The van der Waals surface area contributed by atoms with Crippen molar-refractivity contribution in [2.75, 3.05) is 6.54 Å². The zero-order chi connectivity index (χ0) is 19.3. The highest BCUT2D eigenvalue weighted by atomic mass is 16.2. The van der Waals surface area contributed by atoms with Crippen LogP contribution < -0.4 is 5.32 Å². The van der Waals surface area contributed by atoms with Crippen LogP contribution in [0.3, 0.4) is 0 Å². The molecule has 2 amide bonds. The first-order valence-corrected chi connectivity index (χ1v) is 9.75. The van der Waals surface area contributed by atoms with Gasteiger partial charge in [0.1, 0.15) is 11.9 Å². The minimum atomic E-state index is -0.369. The van der Waals surface area contributed by atoms with Gasteiger partial charge in [-0.15, -0.1) is 0 Å². The summed E-state index contributed by atoms with van der Waals surface area (Å²) in [7, 11) is 0. The van der Waals surface area contributed by atoms with E-state index in [-0.39, 0.29) is 17.9 Å². The Kier molecular flexibility index (Phi) is 5.37. The van der Waals surface area contributed by atoms with E-state index in [0.29, 0.717) is 25.9 Å². The third-order valence-corrected chi connectivity index (χ3v) is 5.20. The van der Waals surface area contributed by atoms with Crippen LogP contribution in [-0.2, 0) is 22.6 Å². The van der Waals surface area contributed by atoms with E-state index < -0.39 is 0 Å². The lowest BCUT2D eigenvalue weighted by molar-refractivity contribution is -0.138. The summed E-state index contributed by atoms with van der Waals surface area (Å²) in [6.45, 7) is 1.12. The van der Waals surface area contributed by atoms with Crippen molar-refractivity contribution in [3.05, 3.63) is 66.0 Å². The smallest absolute Gasteiger partial charge is 0.243 e. The van der Waals surface area contributed by atoms with Crippen molar-refractivity contribution in [3.8, 4) is 0 Å². The Hall–Kier alpha value is -3.15. The highest BCUT2D eigenvalue weighted by Gasteiger charge is 2.33. The molecule has 1 fully saturated rings. The first-order valence-electron chi connectivity index (χ1n) is 9.75. The largest absolute Gasteiger partial charge is 0.350 e. The molecule has 1 atom stereocenters. The van der Waals surface area contributed by atoms with Crippen LogP contribution in [0.5, 0.6) is 0 Å². The van der Waals surface area contributed by atoms with Crippen LogP contribution in [0.25, 0.3) is 11.0 Å². The number of aromatic amines is 1. The summed E-state index contributed by atoms with van der Waals surface area (Å²) in [5.74, 6) is 0.745. The average molecular weight is 376 g/mol. The maximum Gasteiger partial charge on any atom is 0.243 e. The molecule has 0 radical (unpaired) electrons. The van der Waals surface area contributed by atoms with Crippen molar-refractivity contribution in [1.82, 2.24) is 20.2 Å². The molecule has 1 aliphatic rings. The fraction of sp³-hybridized carbons (Fsp3) is 0.318. The highest BCUT2D eigenvalue weighted by Crippen LogP contribution is 2.20. The number of benzene rings is 2. The molecule has 0 unspecified atom stereocenters. The number of nitrogens with one attached hydrogen (secondary N) is 2. The minimum absolute atomic E-state index is 0.0119. The number of aromatic nitrogens is 2. The van der Waals surface area contributed by atoms with Crippen molar-refractivity contribution >= 4 is 22.8 Å². The molecular weight excluding hydrogens is 352 g/mol. The van der Waals surface area contributed by atoms with E-state index in [4.69, 9.17) is 0 Å². The van der Waals surface area contributed by atoms with Crippen molar-refractivity contribution in [1.29, 1.82) is 0 Å². The van der Waals surface area contributed by atoms with Crippen molar-refractivity contribution in [3.63, 3.8) is 0 Å². The predicted octanol–water partition coefficient (Wildman–Crippen LogP) is 2.80. The molecule has 144 valence electrons. The molecule has 0 bridgehead atoms. The molecule has 0 saturated carbocycles. The van der Waals surface area contributed by atoms with Gasteiger partial charge in [-0.05, 0) is 30.5 Å². The summed E-state index contributed by atoms with van der Waals surface area (Å²) in [5, 5.41) is 2.97. The second-order valence-electron chi connectivity index (χ2n) is 7.15. The summed E-state index contributed by atoms with van der Waals surface area (Å²) < 4.78 is 0. The van der Waals surface area contributed by atoms with Gasteiger partial charge in [0.05, 0.1) is 11.0 Å². The molecule has 1 aliphatic heterocycles. The number of hydrogen-bond donors (Lipinski definition) is 2. The third-order valence-electron chi connectivity index (χ3n) is 5.20. The number of fused-ring (bicyclic) bond motifs is 1. The Balaban J connectivity index is 1.33. The Morgan fingerprint density at radius 3 is 2.71 bits per heavy atom. The van der Waals surface area contributed by atoms with Gasteiger partial charge in [-0.3, -0.25) is 9.59 Å². The predicted molar refractivity (Wildman–Crippen MR) is 107 cm³/mol. The maximum absolute atomic E-state index is 12.7. The summed E-state index contributed by atoms with van der Waals surface area (Å²) in [5.41, 5.74) is 2.94. The molecule has 2 aromatic carbocycles. The number of carbonyl (C=O) groups is 2. The molecule has 0 aliphatic carbocycles. The molecule has 0 spiro atoms. The molecule has 28 heavy (non-hydrogen) atoms. The van der Waals surface area contributed by atoms with E-state index in [1.54, 1.807) is 4.90 Å². The number of para-hydroxylation sites is 2. The standard InChI is InChI=1S/C22H24N4O2/c27-21(13-12-20-24-17-9-4-5-10-18(17)25-20)26-14-6-11-19(26)22(28)23-15-16-7-2-1-3-8-16/h1-5,7-10,19H,6,11-15H2,(H,23,28)(H,24,25)/t19-/m0/s1. The number of aryl methyl sites for hydroxylation is 1. The van der Waals surface area contributed by atoms with Crippen LogP contribution in [0, 0.1) is 0 Å². The normalized spacial score (nSPS) is 16.4. The molecule has 1 aromatic heterocycles. The van der Waals surface area contributed by atoms with Crippen LogP contribution >= 0.6 is 0 Å². The number of H-pyrrole nitrogens is 1. The maximum atomic E-state index is 12.7. The SMILES string of the molecule is O=C(NCc1ccccc1)[C@@H]1CCCN1C(=O)CCc1nc2ccccc2[nH]1. The lowest BCUT2D eigenvalue weighted by Gasteiger charge is -2.24. The van der Waals surface area contributed by atoms with E-state index in [0.717, 1.165) is 35.3 Å². The van der Waals surface area contributed by atoms with Crippen LogP contribution in [0.15, 0.2) is 54.6 Å². The summed E-state index contributed by atoms with van der Waals surface area (Å²) in [6, 6.07) is 17.3. The second-order valence-corrected chi connectivity index (χ2v) is 7.15. The quantitative estimate of drug-likeness (QED) is 0.694. The Morgan fingerprint density at radius 2 is 1.89 bits per heavy atom. The fourth-order valence-corrected chi connectivity index (χ4v) is 3.73. The first kappa shape index (κ1) is 18.2. The van der Waals surface area contributed by atoms with E-state index >= 15 is 0 Å². The fourth-order valence-electron chi connectivity index (χ4n) is 3.73. The van der Waals surface area contributed by atoms with Crippen molar-refractivity contribution < 1.29 is 9.59 Å². The molecule has 6 nitrogen and oxygen atoms in total. The van der Waals surface area contributed by atoms with E-state index in [1.807, 2.05) is 54.6 Å². The van der Waals surface area contributed by atoms with E-state index in [1.165, 1.54) is 0 Å². The van der Waals surface area contributed by atoms with E-state index in [9.17, 15) is 9.59 Å². The average Bonchev–Trinajstić information content (AvgIpc) is 3.38. The van der Waals surface area contributed by atoms with E-state index in [2.05, 4.69) is 15.3 Å². The molecule has 2 N–H and O–H groups in total. The second kappa shape index (κ2) is 8.25. The Bertz CT molecular complexity index is 934. The number of hydrogen-bond acceptors (Lipinski definition) is 3. The zero-order valence-corrected chi connectivity index (χ0v) is 15.7. The van der Waals surface area contributed by atoms with Crippen LogP contribution in [0.1, 0.15) is 30.7 Å². The van der Waals surface area contributed by atoms with Gasteiger partial charge in [-0.25, -0.2) is 4.98 Å². The first-order chi connectivity index (χ1) is 13.7. The number of imidazole rings is 1. The number of rotatable bonds is 6. The van der Waals surface area contributed by atoms with Crippen molar-refractivity contribution in [2.24, 2.45) is 0 Å². The van der Waals surface area contributed by atoms with Gasteiger partial charge in [0.15, 0.2) is 0 Å². The summed E-state index contributed by atoms with van der Waals surface area (Å²) >= 11 is 0. The Morgan fingerprint density at radius 1 is 1.11 bits per heavy atom. The minimum Gasteiger partial charge on any atom is -0.350 e. The molecule has 6 heteroatoms. The molecule has 4 rings (SSSR count). The van der Waals surface area contributed by atoms with Gasteiger partial charge in [0.2, 0.25) is 11.8 Å². The lowest BCUT2D eigenvalue weighted by atomic mass is 10.1. The van der Waals surface area contributed by atoms with Crippen LogP contribution in [0.2, 0.25) is 0 Å². The van der Waals surface area contributed by atoms with Crippen LogP contribution in [0.4, 0.5) is 0 Å². The lowest BCUT2D eigenvalue weighted by Crippen LogP contribution is -2.45. The summed E-state index contributed by atoms with van der Waals surface area (Å²) in [4.78, 5) is 34.8. The highest BCUT2D eigenvalue weighted by molar-refractivity contribution is 5.88. The monoisotopic (exact) mass is 376 g/mol. The number of nitrogens with zero attached hydrogens (tertiary/aromatic N) is 2. The van der Waals surface area contributed by atoms with Gasteiger partial charge in [0.25, 0.3) is 0 Å². The van der Waals surface area contributed by atoms with Crippen LogP contribution in [-0.4, -0.2) is 39.3 Å². The molecule has 3 aromatic rings. The van der Waals surface area contributed by atoms with Gasteiger partial charge >= 0.3 is 0 Å². The molecular formula is C22H24N4O2. The molecule has 1 saturated heterocycles. The number of amides is 2. The molecule has 2 heterocycles. The summed E-state index contributed by atoms with van der Waals surface area (Å²) in [6.07, 6.45) is 2.47. The van der Waals surface area contributed by atoms with Gasteiger partial charge < -0.3 is 15.2 Å². The van der Waals surface area contributed by atoms with Crippen molar-refractivity contribution in [2.45, 2.75) is 38.3 Å². The third kappa shape index (κ3) is 4.06. The van der Waals surface area contributed by atoms with Gasteiger partial charge in [0, 0.05) is 25.9 Å². The topological polar surface area (TPSA) is 78.1 Å². The number of likely N-dealkylation sites (tertiary alicyclic amines) is 1. The van der Waals surface area contributed by atoms with Gasteiger partial charge in [-0.1, -0.05) is 42.5 Å². The zero-order valence-electron chi connectivity index (χ0n) is 15.7. The Labute approximate surface area is 164 Å². The number of carbonyl (C=O) groups excluding carboxylic acids is 2.